The second-order valence-corrected chi connectivity index (χ2v) is 7.41. The number of likely N-dealkylation sites (tertiary alicyclic amines) is 1. The lowest BCUT2D eigenvalue weighted by atomic mass is 9.99. The summed E-state index contributed by atoms with van der Waals surface area (Å²) in [4.78, 5) is 18.9. The molecule has 1 saturated heterocycles. The van der Waals surface area contributed by atoms with E-state index in [-0.39, 0.29) is 17.8 Å². The first-order chi connectivity index (χ1) is 12.6. The van der Waals surface area contributed by atoms with Gasteiger partial charge in [0.15, 0.2) is 5.96 Å². The molecule has 0 bridgehead atoms. The van der Waals surface area contributed by atoms with E-state index in [0.717, 1.165) is 24.7 Å². The highest BCUT2D eigenvalue weighted by atomic mass is 16.5. The first-order valence-electron chi connectivity index (χ1n) is 9.77. The Bertz CT molecular complexity index is 636. The average molecular weight is 361 g/mol. The van der Waals surface area contributed by atoms with Gasteiger partial charge in [0.25, 0.3) is 0 Å². The third-order valence-electron chi connectivity index (χ3n) is 5.50. The lowest BCUT2D eigenvalue weighted by molar-refractivity contribution is -0.145. The normalized spacial score (nSPS) is 24.3. The molecule has 7 heteroatoms. The number of rotatable bonds is 5. The number of methoxy groups -OCH3 is 1. The van der Waals surface area contributed by atoms with Crippen LogP contribution in [-0.2, 0) is 16.1 Å². The zero-order valence-electron chi connectivity index (χ0n) is 16.1. The second-order valence-electron chi connectivity index (χ2n) is 7.41. The van der Waals surface area contributed by atoms with Gasteiger partial charge >= 0.3 is 5.97 Å². The Balaban J connectivity index is 1.65. The third-order valence-corrected chi connectivity index (χ3v) is 5.50. The predicted octanol–water partition coefficient (Wildman–Crippen LogP) is 2.20. The smallest absolute Gasteiger partial charge is 0.310 e. The molecule has 1 aliphatic carbocycles. The van der Waals surface area contributed by atoms with Crippen LogP contribution in [0.3, 0.4) is 0 Å². The second kappa shape index (κ2) is 8.56. The highest BCUT2D eigenvalue weighted by molar-refractivity contribution is 5.82. The van der Waals surface area contributed by atoms with Gasteiger partial charge in [-0.3, -0.25) is 9.48 Å². The number of carbonyl (C=O) groups is 1. The average Bonchev–Trinajstić information content (AvgIpc) is 3.38. The van der Waals surface area contributed by atoms with Crippen LogP contribution in [0.25, 0.3) is 0 Å². The SMILES string of the molecule is CCNC(=NCc1ccn(C2CCCC2)n1)N1CC(C)C(C(=O)OC)C1. The van der Waals surface area contributed by atoms with E-state index in [4.69, 9.17) is 14.8 Å². The Hall–Kier alpha value is -2.05. The standard InChI is InChI=1S/C19H31N5O2/c1-4-20-19(23-12-14(2)17(13-23)18(25)26-3)21-11-15-9-10-24(22-15)16-7-5-6-8-16/h9-10,14,16-17H,4-8,11-13H2,1-3H3,(H,20,21). The zero-order chi connectivity index (χ0) is 18.5. The fourth-order valence-electron chi connectivity index (χ4n) is 4.01. The highest BCUT2D eigenvalue weighted by Gasteiger charge is 2.36. The molecule has 1 saturated carbocycles. The number of aromatic nitrogens is 2. The molecule has 0 amide bonds. The minimum atomic E-state index is -0.133. The van der Waals surface area contributed by atoms with E-state index in [2.05, 4.69) is 41.0 Å². The van der Waals surface area contributed by atoms with Crippen molar-refractivity contribution in [3.8, 4) is 0 Å². The molecule has 1 aromatic rings. The summed E-state index contributed by atoms with van der Waals surface area (Å²) in [5.74, 6) is 0.880. The maximum Gasteiger partial charge on any atom is 0.310 e. The van der Waals surface area contributed by atoms with Crippen LogP contribution < -0.4 is 5.32 Å². The van der Waals surface area contributed by atoms with E-state index in [1.165, 1.54) is 32.8 Å². The molecule has 2 atom stereocenters. The molecule has 2 unspecified atom stereocenters. The first kappa shape index (κ1) is 18.7. The molecule has 7 nitrogen and oxygen atoms in total. The van der Waals surface area contributed by atoms with Crippen molar-refractivity contribution in [3.05, 3.63) is 18.0 Å². The summed E-state index contributed by atoms with van der Waals surface area (Å²) in [5.41, 5.74) is 0.990. The highest BCUT2D eigenvalue weighted by Crippen LogP contribution is 2.29. The van der Waals surface area contributed by atoms with Crippen molar-refractivity contribution < 1.29 is 9.53 Å². The molecular weight excluding hydrogens is 330 g/mol. The van der Waals surface area contributed by atoms with Crippen molar-refractivity contribution in [2.75, 3.05) is 26.7 Å². The summed E-state index contributed by atoms with van der Waals surface area (Å²) in [5, 5.41) is 8.06. The number of esters is 1. The van der Waals surface area contributed by atoms with Crippen molar-refractivity contribution in [1.29, 1.82) is 0 Å². The van der Waals surface area contributed by atoms with E-state index in [9.17, 15) is 4.79 Å². The van der Waals surface area contributed by atoms with Crippen LogP contribution in [0.4, 0.5) is 0 Å². The van der Waals surface area contributed by atoms with Crippen LogP contribution in [-0.4, -0.2) is 53.4 Å². The minimum absolute atomic E-state index is 0.0922. The first-order valence-corrected chi connectivity index (χ1v) is 9.77. The van der Waals surface area contributed by atoms with Crippen molar-refractivity contribution in [1.82, 2.24) is 20.0 Å². The van der Waals surface area contributed by atoms with Crippen LogP contribution in [0.5, 0.6) is 0 Å². The lowest BCUT2D eigenvalue weighted by Crippen LogP contribution is -2.40. The van der Waals surface area contributed by atoms with E-state index in [1.807, 2.05) is 0 Å². The third kappa shape index (κ3) is 4.19. The Labute approximate surface area is 155 Å². The van der Waals surface area contributed by atoms with Crippen molar-refractivity contribution in [2.45, 2.75) is 52.1 Å². The molecule has 0 spiro atoms. The van der Waals surface area contributed by atoms with Gasteiger partial charge in [-0.25, -0.2) is 4.99 Å². The van der Waals surface area contributed by atoms with Crippen LogP contribution in [0.1, 0.15) is 51.3 Å². The summed E-state index contributed by atoms with van der Waals surface area (Å²) < 4.78 is 7.04. The largest absolute Gasteiger partial charge is 0.469 e. The number of ether oxygens (including phenoxy) is 1. The van der Waals surface area contributed by atoms with Gasteiger partial charge in [0.2, 0.25) is 0 Å². The van der Waals surface area contributed by atoms with E-state index in [1.54, 1.807) is 0 Å². The maximum absolute atomic E-state index is 11.9. The van der Waals surface area contributed by atoms with Gasteiger partial charge in [0.1, 0.15) is 0 Å². The fraction of sp³-hybridized carbons (Fsp3) is 0.737. The van der Waals surface area contributed by atoms with Gasteiger partial charge in [-0.05, 0) is 31.7 Å². The van der Waals surface area contributed by atoms with Gasteiger partial charge in [-0.15, -0.1) is 0 Å². The molecule has 1 N–H and O–H groups in total. The Morgan fingerprint density at radius 2 is 2.15 bits per heavy atom. The summed E-state index contributed by atoms with van der Waals surface area (Å²) in [6, 6.07) is 2.62. The van der Waals surface area contributed by atoms with Crippen LogP contribution in [0, 0.1) is 11.8 Å². The summed E-state index contributed by atoms with van der Waals surface area (Å²) in [6.07, 6.45) is 7.15. The molecule has 2 aliphatic rings. The Morgan fingerprint density at radius 1 is 1.38 bits per heavy atom. The zero-order valence-corrected chi connectivity index (χ0v) is 16.1. The quantitative estimate of drug-likeness (QED) is 0.495. The number of nitrogens with one attached hydrogen (secondary N) is 1. The molecule has 1 aromatic heterocycles. The van der Waals surface area contributed by atoms with Crippen LogP contribution in [0.2, 0.25) is 0 Å². The molecule has 144 valence electrons. The van der Waals surface area contributed by atoms with Crippen molar-refractivity contribution in [2.24, 2.45) is 16.8 Å². The van der Waals surface area contributed by atoms with Crippen LogP contribution >= 0.6 is 0 Å². The predicted molar refractivity (Wildman–Crippen MR) is 101 cm³/mol. The van der Waals surface area contributed by atoms with Gasteiger partial charge in [-0.2, -0.15) is 5.10 Å². The van der Waals surface area contributed by atoms with Gasteiger partial charge < -0.3 is 15.0 Å². The van der Waals surface area contributed by atoms with Gasteiger partial charge in [-0.1, -0.05) is 19.8 Å². The number of carbonyl (C=O) groups excluding carboxylic acids is 1. The monoisotopic (exact) mass is 361 g/mol. The Morgan fingerprint density at radius 3 is 2.85 bits per heavy atom. The fourth-order valence-corrected chi connectivity index (χ4v) is 4.01. The Kier molecular flexibility index (Phi) is 6.16. The van der Waals surface area contributed by atoms with E-state index < -0.39 is 0 Å². The lowest BCUT2D eigenvalue weighted by Gasteiger charge is -2.21. The van der Waals surface area contributed by atoms with Gasteiger partial charge in [0.05, 0.1) is 31.3 Å². The van der Waals surface area contributed by atoms with E-state index >= 15 is 0 Å². The van der Waals surface area contributed by atoms with Crippen molar-refractivity contribution in [3.63, 3.8) is 0 Å². The van der Waals surface area contributed by atoms with Gasteiger partial charge in [0, 0.05) is 25.8 Å². The number of hydrogen-bond donors (Lipinski definition) is 1. The number of guanidine groups is 1. The van der Waals surface area contributed by atoms with Crippen LogP contribution in [0.15, 0.2) is 17.3 Å². The minimum Gasteiger partial charge on any atom is -0.469 e. The number of aliphatic imine (C=N–C) groups is 1. The summed E-state index contributed by atoms with van der Waals surface area (Å²) >= 11 is 0. The molecule has 0 radical (unpaired) electrons. The molecule has 26 heavy (non-hydrogen) atoms. The van der Waals surface area contributed by atoms with Crippen molar-refractivity contribution >= 4 is 11.9 Å². The number of nitrogens with zero attached hydrogens (tertiary/aromatic N) is 4. The maximum atomic E-state index is 11.9. The number of hydrogen-bond acceptors (Lipinski definition) is 4. The topological polar surface area (TPSA) is 71.8 Å². The summed E-state index contributed by atoms with van der Waals surface area (Å²) in [6.45, 7) is 6.95. The summed E-state index contributed by atoms with van der Waals surface area (Å²) in [7, 11) is 1.46. The molecule has 1 aliphatic heterocycles. The molecule has 0 aromatic carbocycles. The molecule has 2 fully saturated rings. The molecule has 3 rings (SSSR count). The molecular formula is C19H31N5O2. The molecule has 2 heterocycles. The van der Waals surface area contributed by atoms with E-state index in [0.29, 0.717) is 19.1 Å².